The van der Waals surface area contributed by atoms with Crippen molar-refractivity contribution >= 4 is 34.0 Å². The summed E-state index contributed by atoms with van der Waals surface area (Å²) in [4.78, 5) is 13.6. The van der Waals surface area contributed by atoms with Gasteiger partial charge >= 0.3 is 0 Å². The van der Waals surface area contributed by atoms with Crippen LogP contribution in [0.4, 0.5) is 22.0 Å². The molecule has 4 heterocycles. The minimum atomic E-state index is -1.19. The molecule has 0 radical (unpaired) electrons. The molecule has 1 fully saturated rings. The van der Waals surface area contributed by atoms with Crippen LogP contribution in [0.1, 0.15) is 0 Å². The van der Waals surface area contributed by atoms with Crippen LogP contribution in [-0.2, 0) is 10.8 Å². The molecule has 5 rings (SSSR count). The fraction of sp³-hybridized carbons (Fsp3) is 0.318. The highest BCUT2D eigenvalue weighted by Gasteiger charge is 2.20. The maximum Gasteiger partial charge on any atom is 0.228 e. The molecule has 178 valence electrons. The second kappa shape index (κ2) is 9.39. The number of hydrogen-bond acceptors (Lipinski definition) is 9. The monoisotopic (exact) mass is 484 g/mol. The standard InChI is InChI=1S/C22H25FN8O2S/c1-34(32)15-4-5-18(16(23)13-15)30-10-8-29(9-11-30)7-6-25-22-26-20-14-17(19-3-2-12-33-19)28-31(20)21(24)27-22/h2-5,12-14H,6-11H2,1H3,(H3,24,25,26,27)/t34-/m0/s1. The van der Waals surface area contributed by atoms with E-state index in [0.29, 0.717) is 53.3 Å². The summed E-state index contributed by atoms with van der Waals surface area (Å²) in [5, 5.41) is 7.62. The third-order valence-electron chi connectivity index (χ3n) is 5.80. The highest BCUT2D eigenvalue weighted by Crippen LogP contribution is 2.23. The van der Waals surface area contributed by atoms with Crippen molar-refractivity contribution in [1.82, 2.24) is 24.5 Å². The number of anilines is 3. The van der Waals surface area contributed by atoms with Crippen molar-refractivity contribution in [2.75, 3.05) is 61.5 Å². The van der Waals surface area contributed by atoms with Gasteiger partial charge in [0.2, 0.25) is 11.9 Å². The molecule has 0 amide bonds. The molecule has 3 aromatic heterocycles. The van der Waals surface area contributed by atoms with Crippen LogP contribution in [0.5, 0.6) is 0 Å². The largest absolute Gasteiger partial charge is 0.463 e. The van der Waals surface area contributed by atoms with Gasteiger partial charge in [-0.2, -0.15) is 19.6 Å². The first-order valence-corrected chi connectivity index (χ1v) is 12.4. The molecule has 0 bridgehead atoms. The van der Waals surface area contributed by atoms with E-state index in [-0.39, 0.29) is 11.8 Å². The first-order chi connectivity index (χ1) is 16.5. The minimum absolute atomic E-state index is 0.235. The van der Waals surface area contributed by atoms with Gasteiger partial charge in [-0.1, -0.05) is 0 Å². The number of hydrogen-bond donors (Lipinski definition) is 2. The van der Waals surface area contributed by atoms with E-state index in [2.05, 4.69) is 25.3 Å². The van der Waals surface area contributed by atoms with E-state index in [1.807, 2.05) is 11.0 Å². The van der Waals surface area contributed by atoms with E-state index >= 15 is 0 Å². The number of rotatable bonds is 7. The van der Waals surface area contributed by atoms with Crippen LogP contribution in [0.2, 0.25) is 0 Å². The predicted molar refractivity (Wildman–Crippen MR) is 129 cm³/mol. The van der Waals surface area contributed by atoms with E-state index in [0.717, 1.165) is 19.6 Å². The average molecular weight is 485 g/mol. The fourth-order valence-corrected chi connectivity index (χ4v) is 4.52. The molecular formula is C22H25FN8O2S. The third-order valence-corrected chi connectivity index (χ3v) is 6.72. The van der Waals surface area contributed by atoms with Crippen LogP contribution >= 0.6 is 0 Å². The van der Waals surface area contributed by atoms with Crippen molar-refractivity contribution in [2.45, 2.75) is 4.90 Å². The van der Waals surface area contributed by atoms with Gasteiger partial charge in [0, 0.05) is 67.3 Å². The Hall–Kier alpha value is -3.51. The summed E-state index contributed by atoms with van der Waals surface area (Å²) in [5.74, 6) is 0.974. The second-order valence-corrected chi connectivity index (χ2v) is 9.38. The third kappa shape index (κ3) is 4.59. The minimum Gasteiger partial charge on any atom is -0.463 e. The van der Waals surface area contributed by atoms with E-state index in [1.165, 1.54) is 10.6 Å². The van der Waals surface area contributed by atoms with E-state index < -0.39 is 10.8 Å². The number of fused-ring (bicyclic) bond motifs is 1. The summed E-state index contributed by atoms with van der Waals surface area (Å²) in [6.07, 6.45) is 3.13. The summed E-state index contributed by atoms with van der Waals surface area (Å²) in [6, 6.07) is 10.2. The van der Waals surface area contributed by atoms with Gasteiger partial charge in [0.05, 0.1) is 12.0 Å². The lowest BCUT2D eigenvalue weighted by Gasteiger charge is -2.36. The zero-order valence-electron chi connectivity index (χ0n) is 18.6. The summed E-state index contributed by atoms with van der Waals surface area (Å²) in [6.45, 7) is 4.47. The topological polar surface area (TPSA) is 118 Å². The Labute approximate surface area is 198 Å². The molecule has 10 nitrogen and oxygen atoms in total. The van der Waals surface area contributed by atoms with Crippen molar-refractivity contribution in [3.05, 3.63) is 48.5 Å². The van der Waals surface area contributed by atoms with Crippen LogP contribution in [0, 0.1) is 5.82 Å². The highest BCUT2D eigenvalue weighted by atomic mass is 32.2. The van der Waals surface area contributed by atoms with Gasteiger partial charge in [-0.3, -0.25) is 9.11 Å². The number of piperazine rings is 1. The summed E-state index contributed by atoms with van der Waals surface area (Å²) < 4.78 is 32.9. The van der Waals surface area contributed by atoms with Crippen molar-refractivity contribution in [2.24, 2.45) is 0 Å². The van der Waals surface area contributed by atoms with E-state index in [9.17, 15) is 8.60 Å². The first kappa shape index (κ1) is 22.3. The molecule has 0 unspecified atom stereocenters. The molecule has 3 N–H and O–H groups in total. The van der Waals surface area contributed by atoms with Gasteiger partial charge in [0.1, 0.15) is 11.5 Å². The number of nitrogens with two attached hydrogens (primary N) is 1. The lowest BCUT2D eigenvalue weighted by Crippen LogP contribution is -2.48. The molecular weight excluding hydrogens is 459 g/mol. The predicted octanol–water partition coefficient (Wildman–Crippen LogP) is 2.08. The number of nitrogen functional groups attached to an aromatic ring is 1. The SMILES string of the molecule is C[S@](=O)c1ccc(N2CCN(CCNc3nc(N)n4nc(-c5ccco5)cc4n3)CC2)c(F)c1. The number of aromatic nitrogens is 4. The van der Waals surface area contributed by atoms with Crippen LogP contribution in [-0.4, -0.2) is 74.2 Å². The molecule has 1 aliphatic heterocycles. The van der Waals surface area contributed by atoms with Crippen LogP contribution in [0.25, 0.3) is 17.1 Å². The van der Waals surface area contributed by atoms with Crippen molar-refractivity contribution in [1.29, 1.82) is 0 Å². The number of nitrogens with zero attached hydrogens (tertiary/aromatic N) is 6. The van der Waals surface area contributed by atoms with Gasteiger partial charge in [0.25, 0.3) is 0 Å². The van der Waals surface area contributed by atoms with Gasteiger partial charge in [-0.15, -0.1) is 0 Å². The summed E-state index contributed by atoms with van der Waals surface area (Å²) in [7, 11) is -1.19. The molecule has 0 aliphatic carbocycles. The van der Waals surface area contributed by atoms with E-state index in [1.54, 1.807) is 36.8 Å². The zero-order valence-corrected chi connectivity index (χ0v) is 19.5. The number of nitrogens with one attached hydrogen (secondary N) is 1. The quantitative estimate of drug-likeness (QED) is 0.406. The maximum atomic E-state index is 14.5. The van der Waals surface area contributed by atoms with Gasteiger partial charge in [-0.25, -0.2) is 4.39 Å². The van der Waals surface area contributed by atoms with Gasteiger partial charge in [-0.05, 0) is 30.3 Å². The van der Waals surface area contributed by atoms with Crippen LogP contribution in [0.3, 0.4) is 0 Å². The number of furan rings is 1. The Morgan fingerprint density at radius 1 is 1.18 bits per heavy atom. The Bertz CT molecular complexity index is 1320. The molecule has 1 aliphatic rings. The molecule has 1 aromatic carbocycles. The Balaban J connectivity index is 1.15. The smallest absolute Gasteiger partial charge is 0.228 e. The summed E-state index contributed by atoms with van der Waals surface area (Å²) in [5.41, 5.74) is 7.83. The molecule has 0 saturated carbocycles. The lowest BCUT2D eigenvalue weighted by atomic mass is 10.2. The Morgan fingerprint density at radius 3 is 2.71 bits per heavy atom. The van der Waals surface area contributed by atoms with Crippen molar-refractivity contribution in [3.63, 3.8) is 0 Å². The van der Waals surface area contributed by atoms with Crippen LogP contribution < -0.4 is 16.0 Å². The molecule has 4 aromatic rings. The van der Waals surface area contributed by atoms with Gasteiger partial charge in [0.15, 0.2) is 11.4 Å². The molecule has 12 heteroatoms. The molecule has 1 atom stereocenters. The average Bonchev–Trinajstić information content (AvgIpc) is 3.50. The van der Waals surface area contributed by atoms with Gasteiger partial charge < -0.3 is 20.4 Å². The van der Waals surface area contributed by atoms with Crippen LogP contribution in [0.15, 0.2) is 52.0 Å². The molecule has 1 saturated heterocycles. The Morgan fingerprint density at radius 2 is 2.00 bits per heavy atom. The number of benzene rings is 1. The normalized spacial score (nSPS) is 15.6. The maximum absolute atomic E-state index is 14.5. The zero-order chi connectivity index (χ0) is 23.7. The molecule has 34 heavy (non-hydrogen) atoms. The summed E-state index contributed by atoms with van der Waals surface area (Å²) >= 11 is 0. The fourth-order valence-electron chi connectivity index (χ4n) is 3.99. The number of halogens is 1. The second-order valence-electron chi connectivity index (χ2n) is 8.01. The van der Waals surface area contributed by atoms with Crippen molar-refractivity contribution < 1.29 is 13.0 Å². The molecule has 0 spiro atoms. The van der Waals surface area contributed by atoms with Crippen molar-refractivity contribution in [3.8, 4) is 11.5 Å². The lowest BCUT2D eigenvalue weighted by molar-refractivity contribution is 0.266. The van der Waals surface area contributed by atoms with E-state index in [4.69, 9.17) is 10.2 Å². The highest BCUT2D eigenvalue weighted by molar-refractivity contribution is 7.84. The first-order valence-electron chi connectivity index (χ1n) is 10.9. The Kier molecular flexibility index (Phi) is 6.16.